The van der Waals surface area contributed by atoms with Crippen molar-refractivity contribution in [3.63, 3.8) is 0 Å². The molecule has 0 spiro atoms. The van der Waals surface area contributed by atoms with Crippen LogP contribution in [-0.2, 0) is 5.41 Å². The van der Waals surface area contributed by atoms with Gasteiger partial charge in [0.05, 0.1) is 11.4 Å². The third-order valence-corrected chi connectivity index (χ3v) is 12.5. The molecule has 0 atom stereocenters. The fourth-order valence-electron chi connectivity index (χ4n) is 9.69. The third kappa shape index (κ3) is 4.74. The summed E-state index contributed by atoms with van der Waals surface area (Å²) in [6.45, 7) is 4.69. The van der Waals surface area contributed by atoms with Crippen molar-refractivity contribution in [1.82, 2.24) is 0 Å². The molecule has 0 fully saturated rings. The molecule has 11 aromatic rings. The number of anilines is 3. The van der Waals surface area contributed by atoms with Gasteiger partial charge in [0.15, 0.2) is 0 Å². The number of fused-ring (bicyclic) bond motifs is 10. The molecule has 2 heterocycles. The van der Waals surface area contributed by atoms with Crippen molar-refractivity contribution < 1.29 is 8.83 Å². The van der Waals surface area contributed by atoms with E-state index < -0.39 is 0 Å². The van der Waals surface area contributed by atoms with Gasteiger partial charge in [-0.25, -0.2) is 0 Å². The highest BCUT2D eigenvalue weighted by Gasteiger charge is 2.38. The van der Waals surface area contributed by atoms with E-state index >= 15 is 0 Å². The summed E-state index contributed by atoms with van der Waals surface area (Å²) < 4.78 is 13.3. The lowest BCUT2D eigenvalue weighted by Crippen LogP contribution is -2.16. The number of furan rings is 2. The fraction of sp³-hybridized carbons (Fsp3) is 0.0545. The van der Waals surface area contributed by atoms with Gasteiger partial charge in [-0.05, 0) is 75.5 Å². The SMILES string of the molecule is CC1(C)c2ccccc2-c2c(N(c3ccc(-c4cccc5c4oc4ccccc45)cc3)c3ccccc3-c3cccc4c3oc3cc5ccccc5cc34)cccc21. The quantitative estimate of drug-likeness (QED) is 0.176. The Morgan fingerprint density at radius 3 is 1.81 bits per heavy atom. The Labute approximate surface area is 336 Å². The first-order valence-corrected chi connectivity index (χ1v) is 20.0. The van der Waals surface area contributed by atoms with Crippen molar-refractivity contribution in [2.24, 2.45) is 0 Å². The van der Waals surface area contributed by atoms with Crippen LogP contribution in [0.2, 0.25) is 0 Å². The molecule has 0 bridgehead atoms. The first-order valence-electron chi connectivity index (χ1n) is 20.0. The van der Waals surface area contributed by atoms with Crippen LogP contribution in [0.3, 0.4) is 0 Å². The minimum absolute atomic E-state index is 0.147. The summed E-state index contributed by atoms with van der Waals surface area (Å²) in [6.07, 6.45) is 0. The van der Waals surface area contributed by atoms with Gasteiger partial charge in [-0.1, -0.05) is 159 Å². The smallest absolute Gasteiger partial charge is 0.143 e. The van der Waals surface area contributed by atoms with Crippen molar-refractivity contribution >= 4 is 71.7 Å². The zero-order valence-corrected chi connectivity index (χ0v) is 32.2. The summed E-state index contributed by atoms with van der Waals surface area (Å²) in [5.41, 5.74) is 16.3. The molecule has 0 radical (unpaired) electrons. The number of benzene rings is 9. The van der Waals surface area contributed by atoms with E-state index in [-0.39, 0.29) is 5.41 Å². The van der Waals surface area contributed by atoms with Crippen molar-refractivity contribution in [2.45, 2.75) is 19.3 Å². The van der Waals surface area contributed by atoms with Crippen LogP contribution < -0.4 is 4.90 Å². The third-order valence-electron chi connectivity index (χ3n) is 12.5. The number of hydrogen-bond acceptors (Lipinski definition) is 3. The van der Waals surface area contributed by atoms with Gasteiger partial charge in [0.25, 0.3) is 0 Å². The molecule has 3 nitrogen and oxygen atoms in total. The Kier molecular flexibility index (Phi) is 6.98. The summed E-state index contributed by atoms with van der Waals surface area (Å²) >= 11 is 0. The molecule has 12 rings (SSSR count). The number of para-hydroxylation sites is 4. The molecule has 0 aliphatic heterocycles. The highest BCUT2D eigenvalue weighted by Crippen LogP contribution is 2.55. The molecule has 1 aliphatic carbocycles. The molecule has 9 aromatic carbocycles. The lowest BCUT2D eigenvalue weighted by molar-refractivity contribution is 0.660. The Morgan fingerprint density at radius 1 is 0.397 bits per heavy atom. The second kappa shape index (κ2) is 12.3. The van der Waals surface area contributed by atoms with Gasteiger partial charge in [0.1, 0.15) is 22.3 Å². The molecule has 274 valence electrons. The standard InChI is InChI=1S/C55H37NO2/c1-55(2)46-23-8-5-18-44(46)52-47(55)24-13-26-49(52)56(37-30-28-34(29-31-37)38-19-11-21-42-40-17-7-10-27-50(40)57-53(38)42)48-25-9-6-16-39(48)41-20-12-22-43-45-32-35-14-3-4-15-36(35)33-51(45)58-54(41)43/h3-33H,1-2H3. The summed E-state index contributed by atoms with van der Waals surface area (Å²) in [6, 6.07) is 67.7. The molecular formula is C55H37NO2. The normalized spacial score (nSPS) is 13.1. The minimum Gasteiger partial charge on any atom is -0.455 e. The van der Waals surface area contributed by atoms with Crippen LogP contribution in [0.1, 0.15) is 25.0 Å². The van der Waals surface area contributed by atoms with Gasteiger partial charge in [0.2, 0.25) is 0 Å². The maximum atomic E-state index is 6.83. The first-order chi connectivity index (χ1) is 28.5. The molecule has 0 unspecified atom stereocenters. The zero-order valence-electron chi connectivity index (χ0n) is 32.2. The monoisotopic (exact) mass is 743 g/mol. The highest BCUT2D eigenvalue weighted by molar-refractivity contribution is 6.14. The predicted molar refractivity (Wildman–Crippen MR) is 242 cm³/mol. The Hall–Kier alpha value is -7.36. The van der Waals surface area contributed by atoms with Crippen LogP contribution in [0.25, 0.3) is 88.0 Å². The van der Waals surface area contributed by atoms with Crippen molar-refractivity contribution in [3.05, 3.63) is 199 Å². The van der Waals surface area contributed by atoms with E-state index in [0.717, 1.165) is 83.2 Å². The van der Waals surface area contributed by atoms with Crippen LogP contribution >= 0.6 is 0 Å². The highest BCUT2D eigenvalue weighted by atomic mass is 16.3. The minimum atomic E-state index is -0.147. The van der Waals surface area contributed by atoms with E-state index in [1.165, 1.54) is 33.0 Å². The van der Waals surface area contributed by atoms with E-state index in [9.17, 15) is 0 Å². The summed E-state index contributed by atoms with van der Waals surface area (Å²) in [7, 11) is 0. The topological polar surface area (TPSA) is 29.5 Å². The second-order valence-corrected chi connectivity index (χ2v) is 16.0. The van der Waals surface area contributed by atoms with Crippen molar-refractivity contribution in [1.29, 1.82) is 0 Å². The van der Waals surface area contributed by atoms with E-state index in [2.05, 4.69) is 195 Å². The molecule has 0 amide bonds. The van der Waals surface area contributed by atoms with Crippen LogP contribution in [-0.4, -0.2) is 0 Å². The molecule has 2 aromatic heterocycles. The van der Waals surface area contributed by atoms with Gasteiger partial charge in [0, 0.05) is 54.9 Å². The molecule has 0 N–H and O–H groups in total. The number of rotatable bonds is 5. The molecule has 1 aliphatic rings. The van der Waals surface area contributed by atoms with Crippen LogP contribution in [0, 0.1) is 0 Å². The average molecular weight is 744 g/mol. The van der Waals surface area contributed by atoms with Crippen LogP contribution in [0.4, 0.5) is 17.1 Å². The van der Waals surface area contributed by atoms with Gasteiger partial charge in [-0.3, -0.25) is 0 Å². The van der Waals surface area contributed by atoms with Crippen molar-refractivity contribution in [2.75, 3.05) is 4.90 Å². The number of nitrogens with zero attached hydrogens (tertiary/aromatic N) is 1. The second-order valence-electron chi connectivity index (χ2n) is 16.0. The Bertz CT molecular complexity index is 3440. The first kappa shape index (κ1) is 32.8. The molecule has 0 saturated heterocycles. The van der Waals surface area contributed by atoms with Gasteiger partial charge >= 0.3 is 0 Å². The van der Waals surface area contributed by atoms with Gasteiger partial charge < -0.3 is 13.7 Å². The summed E-state index contributed by atoms with van der Waals surface area (Å²) in [5, 5.41) is 6.87. The lowest BCUT2D eigenvalue weighted by atomic mass is 9.82. The lowest BCUT2D eigenvalue weighted by Gasteiger charge is -2.30. The fourth-order valence-corrected chi connectivity index (χ4v) is 9.69. The molecule has 3 heteroatoms. The predicted octanol–water partition coefficient (Wildman–Crippen LogP) is 15.7. The summed E-state index contributed by atoms with van der Waals surface area (Å²) in [4.78, 5) is 2.45. The van der Waals surface area contributed by atoms with E-state index in [1.807, 2.05) is 12.1 Å². The van der Waals surface area contributed by atoms with E-state index in [4.69, 9.17) is 8.83 Å². The van der Waals surface area contributed by atoms with Crippen LogP contribution in [0.15, 0.2) is 197 Å². The van der Waals surface area contributed by atoms with E-state index in [0.29, 0.717) is 0 Å². The van der Waals surface area contributed by atoms with Crippen molar-refractivity contribution in [3.8, 4) is 33.4 Å². The largest absolute Gasteiger partial charge is 0.455 e. The molecular weight excluding hydrogens is 707 g/mol. The maximum Gasteiger partial charge on any atom is 0.143 e. The molecule has 58 heavy (non-hydrogen) atoms. The van der Waals surface area contributed by atoms with Gasteiger partial charge in [-0.15, -0.1) is 0 Å². The zero-order chi connectivity index (χ0) is 38.5. The maximum absolute atomic E-state index is 6.83. The molecule has 0 saturated carbocycles. The summed E-state index contributed by atoms with van der Waals surface area (Å²) in [5.74, 6) is 0. The average Bonchev–Trinajstić information content (AvgIpc) is 3.91. The Balaban J connectivity index is 1.09. The van der Waals surface area contributed by atoms with E-state index in [1.54, 1.807) is 0 Å². The Morgan fingerprint density at radius 2 is 0.966 bits per heavy atom. The van der Waals surface area contributed by atoms with Crippen LogP contribution in [0.5, 0.6) is 0 Å². The van der Waals surface area contributed by atoms with Gasteiger partial charge in [-0.2, -0.15) is 0 Å². The number of hydrogen-bond donors (Lipinski definition) is 0.